The van der Waals surface area contributed by atoms with Crippen LogP contribution in [0, 0.1) is 6.92 Å². The summed E-state index contributed by atoms with van der Waals surface area (Å²) in [5.41, 5.74) is 0. The summed E-state index contributed by atoms with van der Waals surface area (Å²) in [6, 6.07) is 0. The standard InChI is InChI=1S/C10H18N4O3S/c1-8-11-10(17-12-8)9-5-4-6-14(7-9)18(15,16)13(2)3/h9H,4-7H2,1-3H3. The molecule has 1 aliphatic rings. The Morgan fingerprint density at radius 2 is 2.17 bits per heavy atom. The Morgan fingerprint density at radius 3 is 2.72 bits per heavy atom. The molecule has 0 N–H and O–H groups in total. The first-order valence-corrected chi connectivity index (χ1v) is 7.29. The van der Waals surface area contributed by atoms with Crippen molar-refractivity contribution >= 4 is 10.2 Å². The van der Waals surface area contributed by atoms with Crippen molar-refractivity contribution in [2.24, 2.45) is 0 Å². The smallest absolute Gasteiger partial charge is 0.281 e. The molecule has 8 heteroatoms. The zero-order chi connectivity index (χ0) is 13.3. The zero-order valence-electron chi connectivity index (χ0n) is 10.8. The van der Waals surface area contributed by atoms with E-state index in [1.54, 1.807) is 6.92 Å². The molecule has 0 bridgehead atoms. The lowest BCUT2D eigenvalue weighted by Crippen LogP contribution is -2.44. The minimum absolute atomic E-state index is 0.00493. The van der Waals surface area contributed by atoms with Gasteiger partial charge in [0.15, 0.2) is 5.82 Å². The molecule has 2 rings (SSSR count). The maximum absolute atomic E-state index is 12.1. The van der Waals surface area contributed by atoms with E-state index < -0.39 is 10.2 Å². The van der Waals surface area contributed by atoms with Gasteiger partial charge in [0.2, 0.25) is 5.89 Å². The minimum Gasteiger partial charge on any atom is -0.339 e. The van der Waals surface area contributed by atoms with Gasteiger partial charge >= 0.3 is 0 Å². The van der Waals surface area contributed by atoms with E-state index >= 15 is 0 Å². The van der Waals surface area contributed by atoms with Crippen molar-refractivity contribution in [2.75, 3.05) is 27.2 Å². The fourth-order valence-electron chi connectivity index (χ4n) is 2.06. The van der Waals surface area contributed by atoms with Crippen molar-refractivity contribution < 1.29 is 12.9 Å². The van der Waals surface area contributed by atoms with Crippen LogP contribution in [-0.2, 0) is 10.2 Å². The van der Waals surface area contributed by atoms with E-state index in [9.17, 15) is 8.42 Å². The van der Waals surface area contributed by atoms with Gasteiger partial charge in [-0.25, -0.2) is 0 Å². The Morgan fingerprint density at radius 1 is 1.44 bits per heavy atom. The monoisotopic (exact) mass is 274 g/mol. The molecule has 1 aromatic rings. The third-order valence-corrected chi connectivity index (χ3v) is 4.97. The van der Waals surface area contributed by atoms with Crippen LogP contribution < -0.4 is 0 Å². The van der Waals surface area contributed by atoms with Crippen LogP contribution in [0.15, 0.2) is 4.52 Å². The molecule has 0 aromatic carbocycles. The minimum atomic E-state index is -3.36. The number of nitrogens with zero attached hydrogens (tertiary/aromatic N) is 4. The molecule has 1 atom stereocenters. The molecule has 102 valence electrons. The van der Waals surface area contributed by atoms with Crippen molar-refractivity contribution in [1.82, 2.24) is 18.8 Å². The summed E-state index contributed by atoms with van der Waals surface area (Å²) in [4.78, 5) is 4.18. The summed E-state index contributed by atoms with van der Waals surface area (Å²) in [5, 5.41) is 3.75. The average Bonchev–Trinajstić information content (AvgIpc) is 2.76. The Bertz CT molecular complexity index is 511. The van der Waals surface area contributed by atoms with Crippen molar-refractivity contribution in [3.63, 3.8) is 0 Å². The second-order valence-electron chi connectivity index (χ2n) is 4.67. The molecule has 1 saturated heterocycles. The maximum atomic E-state index is 12.1. The van der Waals surface area contributed by atoms with E-state index in [0.29, 0.717) is 24.8 Å². The molecule has 7 nitrogen and oxygen atoms in total. The largest absolute Gasteiger partial charge is 0.339 e. The van der Waals surface area contributed by atoms with E-state index in [1.165, 1.54) is 22.7 Å². The van der Waals surface area contributed by atoms with Gasteiger partial charge in [0.25, 0.3) is 10.2 Å². The normalized spacial score (nSPS) is 22.6. The van der Waals surface area contributed by atoms with Crippen LogP contribution in [0.2, 0.25) is 0 Å². The van der Waals surface area contributed by atoms with Crippen LogP contribution in [0.25, 0.3) is 0 Å². The topological polar surface area (TPSA) is 79.5 Å². The van der Waals surface area contributed by atoms with Crippen molar-refractivity contribution in [3.05, 3.63) is 11.7 Å². The number of hydrogen-bond acceptors (Lipinski definition) is 5. The second kappa shape index (κ2) is 4.94. The van der Waals surface area contributed by atoms with E-state index in [-0.39, 0.29) is 5.92 Å². The number of aromatic nitrogens is 2. The molecule has 0 saturated carbocycles. The first-order chi connectivity index (χ1) is 8.41. The third kappa shape index (κ3) is 2.55. The van der Waals surface area contributed by atoms with Crippen LogP contribution >= 0.6 is 0 Å². The first kappa shape index (κ1) is 13.4. The second-order valence-corrected chi connectivity index (χ2v) is 6.81. The third-order valence-electron chi connectivity index (χ3n) is 3.06. The van der Waals surface area contributed by atoms with E-state index in [4.69, 9.17) is 4.52 Å². The quantitative estimate of drug-likeness (QED) is 0.795. The van der Waals surface area contributed by atoms with Crippen molar-refractivity contribution in [2.45, 2.75) is 25.7 Å². The zero-order valence-corrected chi connectivity index (χ0v) is 11.6. The molecule has 0 aliphatic carbocycles. The fourth-order valence-corrected chi connectivity index (χ4v) is 3.25. The van der Waals surface area contributed by atoms with Gasteiger partial charge in [0.1, 0.15) is 0 Å². The highest BCUT2D eigenvalue weighted by atomic mass is 32.2. The summed E-state index contributed by atoms with van der Waals surface area (Å²) in [7, 11) is -0.282. The Hall–Kier alpha value is -0.990. The van der Waals surface area contributed by atoms with Gasteiger partial charge < -0.3 is 4.52 Å². The number of rotatable bonds is 3. The number of aryl methyl sites for hydroxylation is 1. The van der Waals surface area contributed by atoms with Gasteiger partial charge in [-0.2, -0.15) is 22.0 Å². The Kier molecular flexibility index (Phi) is 3.69. The molecule has 0 spiro atoms. The lowest BCUT2D eigenvalue weighted by Gasteiger charge is -2.31. The lowest BCUT2D eigenvalue weighted by atomic mass is 10.00. The van der Waals surface area contributed by atoms with Crippen LogP contribution in [0.1, 0.15) is 30.5 Å². The first-order valence-electron chi connectivity index (χ1n) is 5.89. The lowest BCUT2D eigenvalue weighted by molar-refractivity contribution is 0.257. The van der Waals surface area contributed by atoms with Gasteiger partial charge in [-0.15, -0.1) is 0 Å². The number of hydrogen-bond donors (Lipinski definition) is 0. The SMILES string of the molecule is Cc1noc(C2CCCN(S(=O)(=O)N(C)C)C2)n1. The van der Waals surface area contributed by atoms with Crippen LogP contribution in [0.3, 0.4) is 0 Å². The van der Waals surface area contributed by atoms with E-state index in [2.05, 4.69) is 10.1 Å². The molecule has 2 heterocycles. The molecular weight excluding hydrogens is 256 g/mol. The molecule has 1 fully saturated rings. The van der Waals surface area contributed by atoms with Gasteiger partial charge in [-0.1, -0.05) is 5.16 Å². The van der Waals surface area contributed by atoms with Crippen LogP contribution in [0.5, 0.6) is 0 Å². The molecule has 1 aromatic heterocycles. The summed E-state index contributed by atoms with van der Waals surface area (Å²) in [5.74, 6) is 1.11. The highest BCUT2D eigenvalue weighted by molar-refractivity contribution is 7.86. The van der Waals surface area contributed by atoms with E-state index in [0.717, 1.165) is 12.8 Å². The predicted molar refractivity (Wildman–Crippen MR) is 65.2 cm³/mol. The summed E-state index contributed by atoms with van der Waals surface area (Å²) in [6.07, 6.45) is 1.68. The fraction of sp³-hybridized carbons (Fsp3) is 0.800. The van der Waals surface area contributed by atoms with Gasteiger partial charge in [-0.05, 0) is 19.8 Å². The van der Waals surface area contributed by atoms with Gasteiger partial charge in [0.05, 0.1) is 5.92 Å². The highest BCUT2D eigenvalue weighted by Crippen LogP contribution is 2.27. The Balaban J connectivity index is 2.14. The molecule has 1 unspecified atom stereocenters. The van der Waals surface area contributed by atoms with Gasteiger partial charge in [-0.3, -0.25) is 0 Å². The Labute approximate surface area is 107 Å². The van der Waals surface area contributed by atoms with Gasteiger partial charge in [0, 0.05) is 27.2 Å². The predicted octanol–water partition coefficient (Wildman–Crippen LogP) is 0.364. The molecule has 18 heavy (non-hydrogen) atoms. The summed E-state index contributed by atoms with van der Waals surface area (Å²) < 4.78 is 31.9. The van der Waals surface area contributed by atoms with Crippen LogP contribution in [-0.4, -0.2) is 54.4 Å². The van der Waals surface area contributed by atoms with E-state index in [1.807, 2.05) is 0 Å². The highest BCUT2D eigenvalue weighted by Gasteiger charge is 2.33. The average molecular weight is 274 g/mol. The molecule has 1 aliphatic heterocycles. The van der Waals surface area contributed by atoms with Crippen molar-refractivity contribution in [1.29, 1.82) is 0 Å². The summed E-state index contributed by atoms with van der Waals surface area (Å²) >= 11 is 0. The molecular formula is C10H18N4O3S. The van der Waals surface area contributed by atoms with Crippen molar-refractivity contribution in [3.8, 4) is 0 Å². The molecule has 0 amide bonds. The number of piperidine rings is 1. The van der Waals surface area contributed by atoms with Crippen LogP contribution in [0.4, 0.5) is 0 Å². The maximum Gasteiger partial charge on any atom is 0.281 e. The summed E-state index contributed by atoms with van der Waals surface area (Å²) in [6.45, 7) is 2.70. The molecule has 0 radical (unpaired) electrons.